The second-order valence-electron chi connectivity index (χ2n) is 3.88. The van der Waals surface area contributed by atoms with Crippen molar-refractivity contribution < 1.29 is 8.78 Å². The number of rotatable bonds is 3. The van der Waals surface area contributed by atoms with E-state index in [1.165, 1.54) is 36.4 Å². The van der Waals surface area contributed by atoms with E-state index in [9.17, 15) is 8.78 Å². The van der Waals surface area contributed by atoms with Gasteiger partial charge in [0.1, 0.15) is 17.7 Å². The molecule has 0 aliphatic carbocycles. The number of halogens is 3. The van der Waals surface area contributed by atoms with Gasteiger partial charge in [-0.1, -0.05) is 17.7 Å². The lowest BCUT2D eigenvalue weighted by molar-refractivity contribution is 0.607. The Morgan fingerprint density at radius 2 is 1.79 bits per heavy atom. The number of anilines is 1. The Morgan fingerprint density at radius 3 is 2.37 bits per heavy atom. The van der Waals surface area contributed by atoms with Gasteiger partial charge in [-0.2, -0.15) is 5.26 Å². The van der Waals surface area contributed by atoms with Crippen LogP contribution >= 0.6 is 11.6 Å². The first-order valence-corrected chi connectivity index (χ1v) is 5.84. The van der Waals surface area contributed by atoms with Gasteiger partial charge in [0, 0.05) is 16.3 Å². The molecule has 0 fully saturated rings. The van der Waals surface area contributed by atoms with Crippen LogP contribution in [0.25, 0.3) is 0 Å². The average molecular weight is 279 g/mol. The van der Waals surface area contributed by atoms with Crippen molar-refractivity contribution in [1.82, 2.24) is 0 Å². The smallest absolute Gasteiger partial charge is 0.143 e. The topological polar surface area (TPSA) is 35.8 Å². The van der Waals surface area contributed by atoms with Crippen LogP contribution in [0.15, 0.2) is 42.5 Å². The molecule has 0 heterocycles. The fourth-order valence-corrected chi connectivity index (χ4v) is 1.79. The Hall–Kier alpha value is -2.12. The molecule has 0 aliphatic rings. The van der Waals surface area contributed by atoms with E-state index in [2.05, 4.69) is 5.32 Å². The van der Waals surface area contributed by atoms with Crippen LogP contribution in [0.4, 0.5) is 14.5 Å². The van der Waals surface area contributed by atoms with E-state index in [1.807, 2.05) is 6.07 Å². The van der Waals surface area contributed by atoms with E-state index in [1.54, 1.807) is 0 Å². The fraction of sp³-hybridized carbons (Fsp3) is 0.0714. The third kappa shape index (κ3) is 3.21. The van der Waals surface area contributed by atoms with Crippen LogP contribution in [0, 0.1) is 23.0 Å². The molecule has 0 amide bonds. The third-order valence-corrected chi connectivity index (χ3v) is 2.79. The van der Waals surface area contributed by atoms with Crippen LogP contribution in [-0.4, -0.2) is 0 Å². The van der Waals surface area contributed by atoms with Crippen molar-refractivity contribution in [3.05, 3.63) is 64.7 Å². The van der Waals surface area contributed by atoms with Crippen LogP contribution in [0.2, 0.25) is 5.02 Å². The molecule has 0 aromatic heterocycles. The van der Waals surface area contributed by atoms with Crippen LogP contribution in [0.1, 0.15) is 11.6 Å². The molecule has 2 aromatic rings. The molecular weight excluding hydrogens is 270 g/mol. The maximum atomic E-state index is 13.7. The van der Waals surface area contributed by atoms with Gasteiger partial charge in [0.25, 0.3) is 0 Å². The molecule has 0 bridgehead atoms. The molecule has 0 saturated heterocycles. The molecule has 0 radical (unpaired) electrons. The molecule has 0 aliphatic heterocycles. The number of hydrogen-bond acceptors (Lipinski definition) is 2. The van der Waals surface area contributed by atoms with Crippen LogP contribution in [-0.2, 0) is 0 Å². The minimum Gasteiger partial charge on any atom is -0.366 e. The van der Waals surface area contributed by atoms with Gasteiger partial charge >= 0.3 is 0 Å². The molecule has 1 atom stereocenters. The van der Waals surface area contributed by atoms with Crippen molar-refractivity contribution >= 4 is 17.3 Å². The predicted molar refractivity (Wildman–Crippen MR) is 69.8 cm³/mol. The monoisotopic (exact) mass is 278 g/mol. The molecular formula is C14H9ClF2N2. The van der Waals surface area contributed by atoms with E-state index in [0.29, 0.717) is 5.69 Å². The van der Waals surface area contributed by atoms with Gasteiger partial charge in [0.2, 0.25) is 0 Å². The molecule has 0 saturated carbocycles. The summed E-state index contributed by atoms with van der Waals surface area (Å²) >= 11 is 5.66. The van der Waals surface area contributed by atoms with Crippen molar-refractivity contribution in [2.24, 2.45) is 0 Å². The lowest BCUT2D eigenvalue weighted by Crippen LogP contribution is -2.10. The zero-order valence-corrected chi connectivity index (χ0v) is 10.5. The van der Waals surface area contributed by atoms with Crippen LogP contribution in [0.5, 0.6) is 0 Å². The molecule has 1 unspecified atom stereocenters. The van der Waals surface area contributed by atoms with E-state index in [4.69, 9.17) is 16.9 Å². The Labute approximate surface area is 114 Å². The number of nitriles is 1. The number of nitrogens with zero attached hydrogens (tertiary/aromatic N) is 1. The average Bonchev–Trinajstić information content (AvgIpc) is 2.39. The fourth-order valence-electron chi connectivity index (χ4n) is 1.63. The standard InChI is InChI=1S/C14H9ClF2N2/c15-9-1-6-12(13(17)7-9)14(8-18)19-11-4-2-10(16)3-5-11/h1-7,14,19H. The second kappa shape index (κ2) is 5.68. The van der Waals surface area contributed by atoms with Crippen molar-refractivity contribution in [3.8, 4) is 6.07 Å². The third-order valence-electron chi connectivity index (χ3n) is 2.56. The van der Waals surface area contributed by atoms with E-state index >= 15 is 0 Å². The lowest BCUT2D eigenvalue weighted by atomic mass is 10.1. The molecule has 2 rings (SSSR count). The van der Waals surface area contributed by atoms with Crippen LogP contribution < -0.4 is 5.32 Å². The molecule has 0 spiro atoms. The highest BCUT2D eigenvalue weighted by molar-refractivity contribution is 6.30. The maximum absolute atomic E-state index is 13.7. The van der Waals surface area contributed by atoms with E-state index in [0.717, 1.165) is 6.07 Å². The summed E-state index contributed by atoms with van der Waals surface area (Å²) in [6, 6.07) is 10.7. The molecule has 96 valence electrons. The minimum absolute atomic E-state index is 0.191. The quantitative estimate of drug-likeness (QED) is 0.909. The van der Waals surface area contributed by atoms with E-state index in [-0.39, 0.29) is 16.4 Å². The normalized spacial score (nSPS) is 11.7. The zero-order chi connectivity index (χ0) is 13.8. The summed E-state index contributed by atoms with van der Waals surface area (Å²) in [5.41, 5.74) is 0.721. The first-order chi connectivity index (χ1) is 9.10. The van der Waals surface area contributed by atoms with Gasteiger partial charge in [-0.15, -0.1) is 0 Å². The van der Waals surface area contributed by atoms with Gasteiger partial charge in [0.05, 0.1) is 6.07 Å². The Bertz CT molecular complexity index is 620. The second-order valence-corrected chi connectivity index (χ2v) is 4.32. The molecule has 1 N–H and O–H groups in total. The lowest BCUT2D eigenvalue weighted by Gasteiger charge is -2.14. The SMILES string of the molecule is N#CC(Nc1ccc(F)cc1)c1ccc(Cl)cc1F. The van der Waals surface area contributed by atoms with E-state index < -0.39 is 11.9 Å². The van der Waals surface area contributed by atoms with Crippen molar-refractivity contribution in [3.63, 3.8) is 0 Å². The molecule has 2 nitrogen and oxygen atoms in total. The van der Waals surface area contributed by atoms with Crippen molar-refractivity contribution in [2.45, 2.75) is 6.04 Å². The number of hydrogen-bond donors (Lipinski definition) is 1. The largest absolute Gasteiger partial charge is 0.366 e. The van der Waals surface area contributed by atoms with Gasteiger partial charge in [-0.3, -0.25) is 0 Å². The minimum atomic E-state index is -0.872. The summed E-state index contributed by atoms with van der Waals surface area (Å²) in [5, 5.41) is 12.2. The molecule has 5 heteroatoms. The summed E-state index contributed by atoms with van der Waals surface area (Å²) in [6.07, 6.45) is 0. The summed E-state index contributed by atoms with van der Waals surface area (Å²) in [5.74, 6) is -0.939. The number of benzene rings is 2. The summed E-state index contributed by atoms with van der Waals surface area (Å²) in [6.45, 7) is 0. The Kier molecular flexibility index (Phi) is 3.98. The van der Waals surface area contributed by atoms with Crippen molar-refractivity contribution in [2.75, 3.05) is 5.32 Å². The van der Waals surface area contributed by atoms with Crippen molar-refractivity contribution in [1.29, 1.82) is 5.26 Å². The molecule has 19 heavy (non-hydrogen) atoms. The zero-order valence-electron chi connectivity index (χ0n) is 9.70. The van der Waals surface area contributed by atoms with Gasteiger partial charge < -0.3 is 5.32 Å². The van der Waals surface area contributed by atoms with Gasteiger partial charge in [0.15, 0.2) is 0 Å². The number of nitrogens with one attached hydrogen (secondary N) is 1. The summed E-state index contributed by atoms with van der Waals surface area (Å²) in [4.78, 5) is 0. The highest BCUT2D eigenvalue weighted by atomic mass is 35.5. The first-order valence-electron chi connectivity index (χ1n) is 5.47. The predicted octanol–water partition coefficient (Wildman–Crippen LogP) is 4.29. The summed E-state index contributed by atoms with van der Waals surface area (Å²) in [7, 11) is 0. The highest BCUT2D eigenvalue weighted by Crippen LogP contribution is 2.24. The van der Waals surface area contributed by atoms with Gasteiger partial charge in [-0.05, 0) is 36.4 Å². The Balaban J connectivity index is 2.25. The van der Waals surface area contributed by atoms with Crippen LogP contribution in [0.3, 0.4) is 0 Å². The molecule has 2 aromatic carbocycles. The maximum Gasteiger partial charge on any atom is 0.143 e. The van der Waals surface area contributed by atoms with Gasteiger partial charge in [-0.25, -0.2) is 8.78 Å². The summed E-state index contributed by atoms with van der Waals surface area (Å²) < 4.78 is 26.5. The Morgan fingerprint density at radius 1 is 1.11 bits per heavy atom. The first kappa shape index (κ1) is 13.3. The highest BCUT2D eigenvalue weighted by Gasteiger charge is 2.15.